The zero-order valence-electron chi connectivity index (χ0n) is 12.7. The Hall–Kier alpha value is -1.85. The Labute approximate surface area is 120 Å². The molecule has 0 spiro atoms. The third-order valence-electron chi connectivity index (χ3n) is 2.57. The SMILES string of the molecule is CCCOc1cc(C)nc(N(C)CCC(=O)OCC)n1. The lowest BCUT2D eigenvalue weighted by Crippen LogP contribution is -2.24. The van der Waals surface area contributed by atoms with E-state index in [4.69, 9.17) is 9.47 Å². The summed E-state index contributed by atoms with van der Waals surface area (Å²) in [6, 6.07) is 1.80. The fourth-order valence-corrected chi connectivity index (χ4v) is 1.57. The van der Waals surface area contributed by atoms with E-state index in [9.17, 15) is 4.79 Å². The van der Waals surface area contributed by atoms with Gasteiger partial charge in [-0.1, -0.05) is 6.92 Å². The van der Waals surface area contributed by atoms with Gasteiger partial charge in [0.2, 0.25) is 11.8 Å². The molecule has 0 aromatic carbocycles. The van der Waals surface area contributed by atoms with Crippen molar-refractivity contribution in [3.63, 3.8) is 0 Å². The molecule has 6 heteroatoms. The predicted molar refractivity (Wildman–Crippen MR) is 77.1 cm³/mol. The number of carbonyl (C=O) groups is 1. The zero-order chi connectivity index (χ0) is 15.0. The first-order valence-electron chi connectivity index (χ1n) is 6.92. The van der Waals surface area contributed by atoms with E-state index in [-0.39, 0.29) is 5.97 Å². The van der Waals surface area contributed by atoms with E-state index in [0.717, 1.165) is 12.1 Å². The van der Waals surface area contributed by atoms with Crippen LogP contribution in [0.25, 0.3) is 0 Å². The largest absolute Gasteiger partial charge is 0.478 e. The van der Waals surface area contributed by atoms with Crippen molar-refractivity contribution in [1.29, 1.82) is 0 Å². The number of hydrogen-bond donors (Lipinski definition) is 0. The Balaban J connectivity index is 2.64. The van der Waals surface area contributed by atoms with E-state index in [0.29, 0.717) is 38.0 Å². The van der Waals surface area contributed by atoms with Crippen LogP contribution in [0, 0.1) is 6.92 Å². The second-order valence-corrected chi connectivity index (χ2v) is 4.47. The van der Waals surface area contributed by atoms with Gasteiger partial charge in [-0.3, -0.25) is 4.79 Å². The van der Waals surface area contributed by atoms with Crippen LogP contribution >= 0.6 is 0 Å². The van der Waals surface area contributed by atoms with Crippen molar-refractivity contribution in [2.45, 2.75) is 33.6 Å². The molecule has 0 fully saturated rings. The molecule has 0 bridgehead atoms. The summed E-state index contributed by atoms with van der Waals surface area (Å²) in [5, 5.41) is 0. The van der Waals surface area contributed by atoms with Crippen molar-refractivity contribution in [2.24, 2.45) is 0 Å². The lowest BCUT2D eigenvalue weighted by Gasteiger charge is -2.17. The standard InChI is InChI=1S/C14H23N3O3/c1-5-9-20-12-10-11(3)15-14(16-12)17(4)8-7-13(18)19-6-2/h10H,5-9H2,1-4H3. The number of nitrogens with zero attached hydrogens (tertiary/aromatic N) is 3. The molecule has 0 atom stereocenters. The van der Waals surface area contributed by atoms with Crippen molar-refractivity contribution in [1.82, 2.24) is 9.97 Å². The molecule has 1 rings (SSSR count). The molecule has 1 aromatic heterocycles. The topological polar surface area (TPSA) is 64.5 Å². The van der Waals surface area contributed by atoms with Crippen LogP contribution in [0.1, 0.15) is 32.4 Å². The molecule has 1 heterocycles. The quantitative estimate of drug-likeness (QED) is 0.679. The Bertz CT molecular complexity index is 438. The molecule has 0 aliphatic rings. The lowest BCUT2D eigenvalue weighted by molar-refractivity contribution is -0.142. The van der Waals surface area contributed by atoms with Gasteiger partial charge in [-0.2, -0.15) is 4.98 Å². The fourth-order valence-electron chi connectivity index (χ4n) is 1.57. The highest BCUT2D eigenvalue weighted by Crippen LogP contribution is 2.15. The molecular weight excluding hydrogens is 258 g/mol. The number of aryl methyl sites for hydroxylation is 1. The van der Waals surface area contributed by atoms with Crippen LogP contribution < -0.4 is 9.64 Å². The van der Waals surface area contributed by atoms with Crippen LogP contribution in [-0.4, -0.2) is 42.7 Å². The molecule has 0 saturated heterocycles. The van der Waals surface area contributed by atoms with E-state index < -0.39 is 0 Å². The minimum Gasteiger partial charge on any atom is -0.478 e. The van der Waals surface area contributed by atoms with Crippen molar-refractivity contribution in [3.05, 3.63) is 11.8 Å². The molecule has 0 unspecified atom stereocenters. The Morgan fingerprint density at radius 3 is 2.75 bits per heavy atom. The van der Waals surface area contributed by atoms with Gasteiger partial charge in [0.25, 0.3) is 0 Å². The molecule has 112 valence electrons. The van der Waals surface area contributed by atoms with Crippen LogP contribution in [-0.2, 0) is 9.53 Å². The van der Waals surface area contributed by atoms with Crippen LogP contribution in [0.3, 0.4) is 0 Å². The summed E-state index contributed by atoms with van der Waals surface area (Å²) < 4.78 is 10.4. The molecule has 0 saturated carbocycles. The number of rotatable bonds is 8. The van der Waals surface area contributed by atoms with E-state index >= 15 is 0 Å². The predicted octanol–water partition coefficient (Wildman–Crippen LogP) is 1.96. The van der Waals surface area contributed by atoms with E-state index in [1.54, 1.807) is 13.0 Å². The van der Waals surface area contributed by atoms with Crippen LogP contribution in [0.4, 0.5) is 5.95 Å². The van der Waals surface area contributed by atoms with E-state index in [1.165, 1.54) is 0 Å². The zero-order valence-corrected chi connectivity index (χ0v) is 12.7. The van der Waals surface area contributed by atoms with Crippen molar-refractivity contribution < 1.29 is 14.3 Å². The number of aromatic nitrogens is 2. The Morgan fingerprint density at radius 2 is 2.10 bits per heavy atom. The number of carbonyl (C=O) groups excluding carboxylic acids is 1. The maximum atomic E-state index is 11.3. The van der Waals surface area contributed by atoms with Crippen LogP contribution in [0.5, 0.6) is 5.88 Å². The number of esters is 1. The third-order valence-corrected chi connectivity index (χ3v) is 2.57. The molecule has 1 aromatic rings. The minimum absolute atomic E-state index is 0.213. The molecular formula is C14H23N3O3. The van der Waals surface area contributed by atoms with Gasteiger partial charge in [0.1, 0.15) is 0 Å². The summed E-state index contributed by atoms with van der Waals surface area (Å²) in [6.45, 7) is 7.27. The second-order valence-electron chi connectivity index (χ2n) is 4.47. The summed E-state index contributed by atoms with van der Waals surface area (Å²) in [5.74, 6) is 0.909. The summed E-state index contributed by atoms with van der Waals surface area (Å²) >= 11 is 0. The first-order chi connectivity index (χ1) is 9.56. The van der Waals surface area contributed by atoms with Crippen molar-refractivity contribution in [3.8, 4) is 5.88 Å². The number of ether oxygens (including phenoxy) is 2. The Morgan fingerprint density at radius 1 is 1.35 bits per heavy atom. The van der Waals surface area contributed by atoms with Crippen LogP contribution in [0.2, 0.25) is 0 Å². The summed E-state index contributed by atoms with van der Waals surface area (Å²) in [4.78, 5) is 21.8. The van der Waals surface area contributed by atoms with Gasteiger partial charge >= 0.3 is 5.97 Å². The molecule has 0 N–H and O–H groups in total. The molecule has 0 radical (unpaired) electrons. The molecule has 0 aliphatic heterocycles. The van der Waals surface area contributed by atoms with Gasteiger partial charge in [-0.25, -0.2) is 4.98 Å². The highest BCUT2D eigenvalue weighted by Gasteiger charge is 2.10. The second kappa shape index (κ2) is 8.35. The van der Waals surface area contributed by atoms with Gasteiger partial charge in [0.05, 0.1) is 19.6 Å². The van der Waals surface area contributed by atoms with E-state index in [1.807, 2.05) is 25.8 Å². The number of hydrogen-bond acceptors (Lipinski definition) is 6. The number of anilines is 1. The molecule has 0 amide bonds. The van der Waals surface area contributed by atoms with Gasteiger partial charge < -0.3 is 14.4 Å². The van der Waals surface area contributed by atoms with E-state index in [2.05, 4.69) is 9.97 Å². The summed E-state index contributed by atoms with van der Waals surface area (Å²) in [7, 11) is 1.84. The maximum absolute atomic E-state index is 11.3. The average Bonchev–Trinajstić information content (AvgIpc) is 2.42. The van der Waals surface area contributed by atoms with Crippen molar-refractivity contribution >= 4 is 11.9 Å². The summed E-state index contributed by atoms with van der Waals surface area (Å²) in [6.07, 6.45) is 1.24. The van der Waals surface area contributed by atoms with Gasteiger partial charge in [0.15, 0.2) is 0 Å². The highest BCUT2D eigenvalue weighted by molar-refractivity contribution is 5.70. The molecule has 20 heavy (non-hydrogen) atoms. The molecule has 0 aliphatic carbocycles. The third kappa shape index (κ3) is 5.42. The minimum atomic E-state index is -0.213. The van der Waals surface area contributed by atoms with Crippen LogP contribution in [0.15, 0.2) is 6.07 Å². The Kier molecular flexibility index (Phi) is 6.76. The smallest absolute Gasteiger partial charge is 0.307 e. The van der Waals surface area contributed by atoms with Gasteiger partial charge in [0, 0.05) is 25.4 Å². The van der Waals surface area contributed by atoms with Gasteiger partial charge in [-0.15, -0.1) is 0 Å². The fraction of sp³-hybridized carbons (Fsp3) is 0.643. The first kappa shape index (κ1) is 16.2. The lowest BCUT2D eigenvalue weighted by atomic mass is 10.4. The first-order valence-corrected chi connectivity index (χ1v) is 6.92. The monoisotopic (exact) mass is 281 g/mol. The van der Waals surface area contributed by atoms with Gasteiger partial charge in [-0.05, 0) is 20.3 Å². The average molecular weight is 281 g/mol. The maximum Gasteiger partial charge on any atom is 0.307 e. The summed E-state index contributed by atoms with van der Waals surface area (Å²) in [5.41, 5.74) is 0.837. The van der Waals surface area contributed by atoms with Crippen molar-refractivity contribution in [2.75, 3.05) is 31.7 Å². The molecule has 6 nitrogen and oxygen atoms in total. The highest BCUT2D eigenvalue weighted by atomic mass is 16.5. The normalized spacial score (nSPS) is 10.2.